The van der Waals surface area contributed by atoms with E-state index in [-0.39, 0.29) is 42.4 Å². The number of hydrogen-bond donors (Lipinski definition) is 3. The van der Waals surface area contributed by atoms with Crippen LogP contribution < -0.4 is 25.8 Å². The molecular weight excluding hydrogens is 447 g/mol. The van der Waals surface area contributed by atoms with Crippen molar-refractivity contribution < 1.29 is 14.3 Å². The van der Waals surface area contributed by atoms with Crippen molar-refractivity contribution >= 4 is 41.5 Å². The van der Waals surface area contributed by atoms with Gasteiger partial charge in [-0.2, -0.15) is 0 Å². The highest BCUT2D eigenvalue weighted by Gasteiger charge is 2.04. The predicted octanol–water partition coefficient (Wildman–Crippen LogP) is 2.36. The second kappa shape index (κ2) is 11.2. The number of halogens is 1. The van der Waals surface area contributed by atoms with E-state index in [1.807, 2.05) is 42.5 Å². The Morgan fingerprint density at radius 2 is 1.77 bits per heavy atom. The first-order valence-electron chi connectivity index (χ1n) is 7.72. The third-order valence-corrected chi connectivity index (χ3v) is 3.41. The van der Waals surface area contributed by atoms with Crippen molar-refractivity contribution in [2.75, 3.05) is 26.1 Å². The number of carbonyl (C=O) groups excluding carboxylic acids is 1. The number of benzene rings is 2. The first-order valence-corrected chi connectivity index (χ1v) is 7.72. The number of aliphatic imine (C=N–C) groups is 1. The second-order valence-corrected chi connectivity index (χ2v) is 5.15. The van der Waals surface area contributed by atoms with E-state index in [4.69, 9.17) is 15.2 Å². The van der Waals surface area contributed by atoms with Crippen LogP contribution in [-0.4, -0.2) is 32.6 Å². The van der Waals surface area contributed by atoms with Crippen LogP contribution in [0.3, 0.4) is 0 Å². The Kier molecular flexibility index (Phi) is 9.27. The van der Waals surface area contributed by atoms with Crippen molar-refractivity contribution in [3.05, 3.63) is 54.1 Å². The monoisotopic (exact) mass is 470 g/mol. The van der Waals surface area contributed by atoms with Crippen molar-refractivity contribution in [1.29, 1.82) is 0 Å². The van der Waals surface area contributed by atoms with Gasteiger partial charge in [0.2, 0.25) is 5.91 Å². The predicted molar refractivity (Wildman–Crippen MR) is 113 cm³/mol. The fourth-order valence-electron chi connectivity index (χ4n) is 2.08. The Labute approximate surface area is 170 Å². The summed E-state index contributed by atoms with van der Waals surface area (Å²) in [6, 6.07) is 14.8. The molecule has 0 fully saturated rings. The molecule has 140 valence electrons. The molecule has 0 aliphatic heterocycles. The first kappa shape index (κ1) is 21.6. The van der Waals surface area contributed by atoms with E-state index in [1.165, 1.54) is 0 Å². The largest absolute Gasteiger partial charge is 0.497 e. The number of nitrogens with two attached hydrogens (primary N) is 1. The van der Waals surface area contributed by atoms with Crippen LogP contribution in [0.5, 0.6) is 11.5 Å². The third kappa shape index (κ3) is 6.79. The summed E-state index contributed by atoms with van der Waals surface area (Å²) in [6.45, 7) is 0.350. The van der Waals surface area contributed by atoms with E-state index in [0.29, 0.717) is 18.0 Å². The Hall–Kier alpha value is -2.49. The minimum absolute atomic E-state index is 0. The molecule has 0 heterocycles. The van der Waals surface area contributed by atoms with Gasteiger partial charge in [0.15, 0.2) is 5.96 Å². The lowest BCUT2D eigenvalue weighted by Crippen LogP contribution is -2.29. The molecule has 0 atom stereocenters. The highest BCUT2D eigenvalue weighted by atomic mass is 127. The van der Waals surface area contributed by atoms with E-state index in [9.17, 15) is 4.79 Å². The van der Waals surface area contributed by atoms with Crippen LogP contribution in [0.4, 0.5) is 5.69 Å². The van der Waals surface area contributed by atoms with Gasteiger partial charge in [-0.25, -0.2) is 4.99 Å². The van der Waals surface area contributed by atoms with Crippen molar-refractivity contribution in [1.82, 2.24) is 5.32 Å². The first-order chi connectivity index (χ1) is 12.1. The zero-order chi connectivity index (χ0) is 18.1. The maximum Gasteiger partial charge on any atom is 0.242 e. The summed E-state index contributed by atoms with van der Waals surface area (Å²) in [6.07, 6.45) is 0. The maximum atomic E-state index is 11.9. The molecule has 4 N–H and O–H groups in total. The molecule has 0 bridgehead atoms. The van der Waals surface area contributed by atoms with Crippen LogP contribution in [0.2, 0.25) is 0 Å². The smallest absolute Gasteiger partial charge is 0.242 e. The van der Waals surface area contributed by atoms with Gasteiger partial charge < -0.3 is 25.8 Å². The zero-order valence-corrected chi connectivity index (χ0v) is 17.0. The van der Waals surface area contributed by atoms with Crippen LogP contribution in [0.15, 0.2) is 53.5 Å². The molecule has 2 aromatic rings. The molecule has 0 aliphatic rings. The standard InChI is InChI=1S/C18H22N4O3.HI/c1-24-14-9-7-13(8-10-14)11-20-17(23)12-21-18(19)22-15-5-3-4-6-16(15)25-2;/h3-10H,11-12H2,1-2H3,(H,20,23)(H3,19,21,22);1H. The van der Waals surface area contributed by atoms with Gasteiger partial charge in [-0.1, -0.05) is 24.3 Å². The van der Waals surface area contributed by atoms with Gasteiger partial charge >= 0.3 is 0 Å². The fraction of sp³-hybridized carbons (Fsp3) is 0.222. The lowest BCUT2D eigenvalue weighted by molar-refractivity contribution is -0.119. The number of anilines is 1. The molecule has 0 aromatic heterocycles. The average Bonchev–Trinajstić information content (AvgIpc) is 2.65. The van der Waals surface area contributed by atoms with Crippen LogP contribution in [0.25, 0.3) is 0 Å². The lowest BCUT2D eigenvalue weighted by Gasteiger charge is -2.10. The average molecular weight is 470 g/mol. The normalized spacial score (nSPS) is 10.5. The second-order valence-electron chi connectivity index (χ2n) is 5.15. The summed E-state index contributed by atoms with van der Waals surface area (Å²) in [4.78, 5) is 15.9. The molecule has 0 radical (unpaired) electrons. The zero-order valence-electron chi connectivity index (χ0n) is 14.7. The van der Waals surface area contributed by atoms with Crippen molar-refractivity contribution in [3.63, 3.8) is 0 Å². The molecule has 0 spiro atoms. The lowest BCUT2D eigenvalue weighted by atomic mass is 10.2. The van der Waals surface area contributed by atoms with Crippen molar-refractivity contribution in [2.45, 2.75) is 6.54 Å². The number of rotatable bonds is 7. The van der Waals surface area contributed by atoms with Crippen molar-refractivity contribution in [2.24, 2.45) is 10.7 Å². The van der Waals surface area contributed by atoms with Gasteiger partial charge in [-0.3, -0.25) is 4.79 Å². The van der Waals surface area contributed by atoms with Crippen molar-refractivity contribution in [3.8, 4) is 11.5 Å². The van der Waals surface area contributed by atoms with Gasteiger partial charge in [0, 0.05) is 6.54 Å². The van der Waals surface area contributed by atoms with E-state index >= 15 is 0 Å². The minimum Gasteiger partial charge on any atom is -0.497 e. The number of carbonyl (C=O) groups is 1. The number of para-hydroxylation sites is 2. The van der Waals surface area contributed by atoms with Crippen LogP contribution >= 0.6 is 24.0 Å². The summed E-state index contributed by atoms with van der Waals surface area (Å²) in [7, 11) is 3.18. The topological polar surface area (TPSA) is 98.0 Å². The third-order valence-electron chi connectivity index (χ3n) is 3.41. The van der Waals surface area contributed by atoms with E-state index in [0.717, 1.165) is 11.3 Å². The molecule has 1 amide bonds. The molecule has 2 rings (SSSR count). The maximum absolute atomic E-state index is 11.9. The quantitative estimate of drug-likeness (QED) is 0.328. The Morgan fingerprint density at radius 1 is 1.08 bits per heavy atom. The summed E-state index contributed by atoms with van der Waals surface area (Å²) in [5, 5.41) is 5.70. The SMILES string of the molecule is COc1ccc(CNC(=O)CN=C(N)Nc2ccccc2OC)cc1.I. The molecule has 8 heteroatoms. The molecule has 26 heavy (non-hydrogen) atoms. The fourth-order valence-corrected chi connectivity index (χ4v) is 2.08. The molecule has 0 saturated heterocycles. The Balaban J connectivity index is 0.00000338. The molecule has 0 saturated carbocycles. The molecular formula is C18H23IN4O3. The Morgan fingerprint density at radius 3 is 2.42 bits per heavy atom. The molecule has 0 unspecified atom stereocenters. The van der Waals surface area contributed by atoms with E-state index < -0.39 is 0 Å². The van der Waals surface area contributed by atoms with Crippen LogP contribution in [-0.2, 0) is 11.3 Å². The number of nitrogens with zero attached hydrogens (tertiary/aromatic N) is 1. The number of hydrogen-bond acceptors (Lipinski definition) is 4. The van der Waals surface area contributed by atoms with Gasteiger partial charge in [-0.15, -0.1) is 24.0 Å². The van der Waals surface area contributed by atoms with Gasteiger partial charge in [0.05, 0.1) is 19.9 Å². The molecule has 7 nitrogen and oxygen atoms in total. The Bertz CT molecular complexity index is 735. The molecule has 2 aromatic carbocycles. The highest BCUT2D eigenvalue weighted by Crippen LogP contribution is 2.22. The minimum atomic E-state index is -0.222. The van der Waals surface area contributed by atoms with Gasteiger partial charge in [0.1, 0.15) is 18.0 Å². The number of guanidine groups is 1. The molecule has 0 aliphatic carbocycles. The number of amides is 1. The van der Waals surface area contributed by atoms with Crippen LogP contribution in [0, 0.1) is 0 Å². The number of methoxy groups -OCH3 is 2. The van der Waals surface area contributed by atoms with Gasteiger partial charge in [0.25, 0.3) is 0 Å². The summed E-state index contributed by atoms with van der Waals surface area (Å²) in [5.74, 6) is 1.34. The summed E-state index contributed by atoms with van der Waals surface area (Å²) >= 11 is 0. The van der Waals surface area contributed by atoms with Gasteiger partial charge in [-0.05, 0) is 29.8 Å². The number of nitrogens with one attached hydrogen (secondary N) is 2. The van der Waals surface area contributed by atoms with Crippen LogP contribution in [0.1, 0.15) is 5.56 Å². The number of ether oxygens (including phenoxy) is 2. The van der Waals surface area contributed by atoms with E-state index in [2.05, 4.69) is 15.6 Å². The van der Waals surface area contributed by atoms with E-state index in [1.54, 1.807) is 20.3 Å². The summed E-state index contributed by atoms with van der Waals surface area (Å²) < 4.78 is 10.3. The highest BCUT2D eigenvalue weighted by molar-refractivity contribution is 14.0. The summed E-state index contributed by atoms with van der Waals surface area (Å²) in [5.41, 5.74) is 7.46.